The molecule has 1 aromatic carbocycles. The van der Waals surface area contributed by atoms with Crippen molar-refractivity contribution in [1.82, 2.24) is 20.1 Å². The van der Waals surface area contributed by atoms with Crippen LogP contribution in [0.5, 0.6) is 0 Å². The molecule has 1 fully saturated rings. The molecule has 2 aliphatic rings. The van der Waals surface area contributed by atoms with Crippen molar-refractivity contribution in [2.24, 2.45) is 5.92 Å². The number of aliphatic hydroxyl groups excluding tert-OH is 1. The molecule has 2 N–H and O–H groups in total. The maximum Gasteiger partial charge on any atom is 0.272 e. The van der Waals surface area contributed by atoms with E-state index in [1.807, 2.05) is 0 Å². The molecule has 5 rings (SSSR count). The number of halogens is 2. The van der Waals surface area contributed by atoms with Crippen molar-refractivity contribution >= 4 is 5.91 Å². The van der Waals surface area contributed by atoms with Crippen molar-refractivity contribution in [3.05, 3.63) is 76.9 Å². The van der Waals surface area contributed by atoms with Crippen LogP contribution in [0.4, 0.5) is 8.78 Å². The third-order valence-electron chi connectivity index (χ3n) is 5.69. The lowest BCUT2D eigenvalue weighted by Gasteiger charge is -2.16. The number of carbonyl (C=O) groups is 1. The Labute approximate surface area is 165 Å². The predicted octanol–water partition coefficient (Wildman–Crippen LogP) is 2.67. The maximum absolute atomic E-state index is 14.4. The number of benzene rings is 1. The molecular formula is C21H18F2N4O2. The van der Waals surface area contributed by atoms with Crippen molar-refractivity contribution in [1.29, 1.82) is 0 Å². The molecule has 3 aromatic rings. The number of aliphatic hydroxyl groups is 1. The summed E-state index contributed by atoms with van der Waals surface area (Å²) < 4.78 is 29.2. The number of nitrogens with one attached hydrogen (secondary N) is 1. The topological polar surface area (TPSA) is 80.0 Å². The largest absolute Gasteiger partial charge is 0.394 e. The van der Waals surface area contributed by atoms with Gasteiger partial charge in [0.2, 0.25) is 0 Å². The van der Waals surface area contributed by atoms with E-state index in [1.165, 1.54) is 16.8 Å². The molecule has 0 radical (unpaired) electrons. The van der Waals surface area contributed by atoms with Gasteiger partial charge in [0.1, 0.15) is 11.5 Å². The van der Waals surface area contributed by atoms with E-state index in [1.54, 1.807) is 24.5 Å². The molecule has 2 aromatic heterocycles. The molecule has 6 nitrogen and oxygen atoms in total. The van der Waals surface area contributed by atoms with Crippen molar-refractivity contribution in [3.8, 4) is 5.69 Å². The monoisotopic (exact) mass is 396 g/mol. The van der Waals surface area contributed by atoms with Crippen LogP contribution in [0.3, 0.4) is 0 Å². The standard InChI is InChI=1S/C21H18F2N4O2/c22-13-3-4-18(16(23)8-13)27-20-14-6-12(14)7-15(20)19(26-27)21(29)25-17(10-28)11-2-1-5-24-9-11/h1-5,8-9,12,14,17,28H,6-7,10H2,(H,25,29)/t12-,14-,17-/m1/s1. The van der Waals surface area contributed by atoms with Gasteiger partial charge in [0, 0.05) is 29.9 Å². The quantitative estimate of drug-likeness (QED) is 0.695. The third kappa shape index (κ3) is 3.00. The second-order valence-electron chi connectivity index (χ2n) is 7.52. The summed E-state index contributed by atoms with van der Waals surface area (Å²) in [5, 5.41) is 16.9. The first kappa shape index (κ1) is 17.9. The molecule has 8 heteroatoms. The Balaban J connectivity index is 1.51. The molecule has 3 atom stereocenters. The Morgan fingerprint density at radius 2 is 2.21 bits per heavy atom. The van der Waals surface area contributed by atoms with E-state index in [-0.39, 0.29) is 23.9 Å². The number of carbonyl (C=O) groups excluding carboxylic acids is 1. The predicted molar refractivity (Wildman–Crippen MR) is 99.6 cm³/mol. The first-order valence-electron chi connectivity index (χ1n) is 9.45. The minimum absolute atomic E-state index is 0.125. The van der Waals surface area contributed by atoms with Crippen molar-refractivity contribution in [2.75, 3.05) is 6.61 Å². The second-order valence-corrected chi connectivity index (χ2v) is 7.52. The minimum atomic E-state index is -0.727. The van der Waals surface area contributed by atoms with Crippen LogP contribution in [0.15, 0.2) is 42.7 Å². The van der Waals surface area contributed by atoms with Gasteiger partial charge in [-0.05, 0) is 42.5 Å². The van der Waals surface area contributed by atoms with Gasteiger partial charge >= 0.3 is 0 Å². The van der Waals surface area contributed by atoms with Gasteiger partial charge < -0.3 is 10.4 Å². The Bertz CT molecular complexity index is 1100. The number of pyridine rings is 1. The van der Waals surface area contributed by atoms with E-state index in [4.69, 9.17) is 0 Å². The van der Waals surface area contributed by atoms with Crippen LogP contribution >= 0.6 is 0 Å². The summed E-state index contributed by atoms with van der Waals surface area (Å²) in [4.78, 5) is 17.0. The van der Waals surface area contributed by atoms with Crippen molar-refractivity contribution < 1.29 is 18.7 Å². The van der Waals surface area contributed by atoms with Gasteiger partial charge in [0.25, 0.3) is 5.91 Å². The molecule has 1 amide bonds. The van der Waals surface area contributed by atoms with E-state index < -0.39 is 23.6 Å². The van der Waals surface area contributed by atoms with Crippen LogP contribution < -0.4 is 5.32 Å². The van der Waals surface area contributed by atoms with Crippen molar-refractivity contribution in [2.45, 2.75) is 24.8 Å². The van der Waals surface area contributed by atoms with Crippen LogP contribution in [0.1, 0.15) is 45.7 Å². The number of rotatable bonds is 5. The molecule has 148 valence electrons. The highest BCUT2D eigenvalue weighted by Gasteiger charge is 2.50. The molecule has 2 heterocycles. The van der Waals surface area contributed by atoms with Gasteiger partial charge in [0.15, 0.2) is 11.5 Å². The summed E-state index contributed by atoms with van der Waals surface area (Å²) in [6.45, 7) is -0.293. The van der Waals surface area contributed by atoms with E-state index in [2.05, 4.69) is 15.4 Å². The highest BCUT2D eigenvalue weighted by atomic mass is 19.1. The summed E-state index contributed by atoms with van der Waals surface area (Å²) >= 11 is 0. The zero-order valence-corrected chi connectivity index (χ0v) is 15.3. The molecule has 2 aliphatic carbocycles. The fourth-order valence-corrected chi connectivity index (χ4v) is 4.18. The molecule has 1 saturated carbocycles. The first-order chi connectivity index (χ1) is 14.1. The zero-order valence-electron chi connectivity index (χ0n) is 15.3. The maximum atomic E-state index is 14.4. The highest BCUT2D eigenvalue weighted by molar-refractivity contribution is 5.94. The average molecular weight is 396 g/mol. The Morgan fingerprint density at radius 1 is 1.34 bits per heavy atom. The summed E-state index contributed by atoms with van der Waals surface area (Å²) in [6, 6.07) is 6.18. The van der Waals surface area contributed by atoms with E-state index >= 15 is 0 Å². The third-order valence-corrected chi connectivity index (χ3v) is 5.69. The SMILES string of the molecule is O=C(N[C@H](CO)c1cccnc1)c1nn(-c2ccc(F)cc2F)c2c1C[C@H]1C[C@@H]21. The number of hydrogen-bond acceptors (Lipinski definition) is 4. The number of hydrogen-bond donors (Lipinski definition) is 2. The van der Waals surface area contributed by atoms with Gasteiger partial charge in [-0.25, -0.2) is 13.5 Å². The van der Waals surface area contributed by atoms with Crippen LogP contribution in [0, 0.1) is 17.6 Å². The molecule has 0 spiro atoms. The van der Waals surface area contributed by atoms with Crippen LogP contribution in [-0.4, -0.2) is 32.4 Å². The molecule has 0 bridgehead atoms. The van der Waals surface area contributed by atoms with E-state index in [0.717, 1.165) is 23.7 Å². The Kier molecular flexibility index (Phi) is 4.16. The minimum Gasteiger partial charge on any atom is -0.394 e. The number of fused-ring (bicyclic) bond motifs is 3. The zero-order chi connectivity index (χ0) is 20.1. The lowest BCUT2D eigenvalue weighted by molar-refractivity contribution is 0.0909. The lowest BCUT2D eigenvalue weighted by atomic mass is 10.1. The molecule has 29 heavy (non-hydrogen) atoms. The van der Waals surface area contributed by atoms with Crippen LogP contribution in [0.2, 0.25) is 0 Å². The number of aromatic nitrogens is 3. The Hall–Kier alpha value is -3.13. The molecule has 0 unspecified atom stereocenters. The van der Waals surface area contributed by atoms with E-state index in [0.29, 0.717) is 17.9 Å². The first-order valence-corrected chi connectivity index (χ1v) is 9.45. The fraction of sp³-hybridized carbons (Fsp3) is 0.286. The summed E-state index contributed by atoms with van der Waals surface area (Å²) in [5.41, 5.74) is 2.65. The van der Waals surface area contributed by atoms with Gasteiger partial charge in [-0.2, -0.15) is 5.10 Å². The molecular weight excluding hydrogens is 378 g/mol. The summed E-state index contributed by atoms with van der Waals surface area (Å²) in [7, 11) is 0. The van der Waals surface area contributed by atoms with Gasteiger partial charge in [-0.1, -0.05) is 6.07 Å². The van der Waals surface area contributed by atoms with E-state index in [9.17, 15) is 18.7 Å². The second kappa shape index (κ2) is 6.73. The molecule has 0 saturated heterocycles. The van der Waals surface area contributed by atoms with Gasteiger partial charge in [-0.15, -0.1) is 0 Å². The van der Waals surface area contributed by atoms with Crippen LogP contribution in [0.25, 0.3) is 5.69 Å². The van der Waals surface area contributed by atoms with Gasteiger partial charge in [-0.3, -0.25) is 9.78 Å². The average Bonchev–Trinajstić information content (AvgIpc) is 3.23. The van der Waals surface area contributed by atoms with Crippen molar-refractivity contribution in [3.63, 3.8) is 0 Å². The highest BCUT2D eigenvalue weighted by Crippen LogP contribution is 2.57. The van der Waals surface area contributed by atoms with Gasteiger partial charge in [0.05, 0.1) is 18.3 Å². The summed E-state index contributed by atoms with van der Waals surface area (Å²) in [6.07, 6.45) is 4.88. The fourth-order valence-electron chi connectivity index (χ4n) is 4.18. The lowest BCUT2D eigenvalue weighted by Crippen LogP contribution is -2.31. The molecule has 0 aliphatic heterocycles. The smallest absolute Gasteiger partial charge is 0.272 e. The number of amides is 1. The normalized spacial score (nSPS) is 20.1. The van der Waals surface area contributed by atoms with Crippen LogP contribution in [-0.2, 0) is 6.42 Å². The number of nitrogens with zero attached hydrogens (tertiary/aromatic N) is 3. The summed E-state index contributed by atoms with van der Waals surface area (Å²) in [5.74, 6) is -1.15. The Morgan fingerprint density at radius 3 is 2.93 bits per heavy atom.